The number of methoxy groups -OCH3 is 1. The van der Waals surface area contributed by atoms with Gasteiger partial charge in [-0.2, -0.15) is 0 Å². The van der Waals surface area contributed by atoms with Gasteiger partial charge in [0.2, 0.25) is 5.91 Å². The van der Waals surface area contributed by atoms with Crippen molar-refractivity contribution in [2.75, 3.05) is 26.9 Å². The Labute approximate surface area is 146 Å². The van der Waals surface area contributed by atoms with E-state index in [-0.39, 0.29) is 37.0 Å². The zero-order valence-corrected chi connectivity index (χ0v) is 14.3. The molecule has 0 radical (unpaired) electrons. The lowest BCUT2D eigenvalue weighted by Crippen LogP contribution is -2.39. The molecule has 1 atom stereocenters. The number of halogens is 1. The largest absolute Gasteiger partial charge is 0.494 e. The molecule has 0 saturated carbocycles. The van der Waals surface area contributed by atoms with Crippen molar-refractivity contribution in [2.24, 2.45) is 11.8 Å². The summed E-state index contributed by atoms with van der Waals surface area (Å²) in [5.74, 6) is -2.15. The van der Waals surface area contributed by atoms with Crippen LogP contribution in [-0.4, -0.2) is 43.9 Å². The maximum Gasteiger partial charge on any atom is 0.308 e. The number of hydrogen-bond acceptors (Lipinski definition) is 4. The third-order valence-electron chi connectivity index (χ3n) is 4.56. The van der Waals surface area contributed by atoms with Crippen molar-refractivity contribution < 1.29 is 28.6 Å². The second kappa shape index (κ2) is 9.36. The molecule has 2 rings (SSSR count). The third kappa shape index (κ3) is 5.42. The van der Waals surface area contributed by atoms with Gasteiger partial charge in [0.15, 0.2) is 11.6 Å². The number of benzene rings is 1. The average molecular weight is 353 g/mol. The van der Waals surface area contributed by atoms with Gasteiger partial charge in [0.1, 0.15) is 0 Å². The Kier molecular flexibility index (Phi) is 7.18. The van der Waals surface area contributed by atoms with Crippen molar-refractivity contribution in [2.45, 2.75) is 25.7 Å². The van der Waals surface area contributed by atoms with E-state index in [1.54, 1.807) is 12.1 Å². The molecule has 1 aliphatic heterocycles. The predicted molar refractivity (Wildman–Crippen MR) is 89.0 cm³/mol. The molecule has 1 aromatic carbocycles. The van der Waals surface area contributed by atoms with Crippen molar-refractivity contribution in [1.82, 2.24) is 5.32 Å². The van der Waals surface area contributed by atoms with Crippen LogP contribution in [0.4, 0.5) is 4.39 Å². The summed E-state index contributed by atoms with van der Waals surface area (Å²) < 4.78 is 24.2. The zero-order chi connectivity index (χ0) is 18.2. The highest BCUT2D eigenvalue weighted by Crippen LogP contribution is 2.24. The number of hydrogen-bond donors (Lipinski definition) is 2. The number of aryl methyl sites for hydroxylation is 1. The number of aliphatic carboxylic acids is 1. The maximum atomic E-state index is 14.0. The molecule has 0 aromatic heterocycles. The Hall–Kier alpha value is -2.15. The van der Waals surface area contributed by atoms with Crippen molar-refractivity contribution in [3.05, 3.63) is 29.6 Å². The van der Waals surface area contributed by atoms with E-state index in [4.69, 9.17) is 9.47 Å². The van der Waals surface area contributed by atoms with Crippen LogP contribution in [0.1, 0.15) is 24.8 Å². The Bertz CT molecular complexity index is 601. The molecule has 0 spiro atoms. The monoisotopic (exact) mass is 353 g/mol. The number of carbonyl (C=O) groups excluding carboxylic acids is 1. The maximum absolute atomic E-state index is 14.0. The van der Waals surface area contributed by atoms with E-state index in [1.165, 1.54) is 13.2 Å². The molecule has 0 bridgehead atoms. The second-order valence-electron chi connectivity index (χ2n) is 6.13. The van der Waals surface area contributed by atoms with Gasteiger partial charge in [-0.1, -0.05) is 12.1 Å². The molecular weight excluding hydrogens is 329 g/mol. The Morgan fingerprint density at radius 3 is 2.76 bits per heavy atom. The Morgan fingerprint density at radius 2 is 2.12 bits per heavy atom. The molecule has 1 aliphatic rings. The molecule has 138 valence electrons. The summed E-state index contributed by atoms with van der Waals surface area (Å²) in [6, 6.07) is 4.79. The highest BCUT2D eigenvalue weighted by molar-refractivity contribution is 5.77. The van der Waals surface area contributed by atoms with Gasteiger partial charge in [-0.3, -0.25) is 9.59 Å². The van der Waals surface area contributed by atoms with Gasteiger partial charge >= 0.3 is 5.97 Å². The van der Waals surface area contributed by atoms with Crippen molar-refractivity contribution in [3.63, 3.8) is 0 Å². The molecule has 1 saturated heterocycles. The minimum atomic E-state index is -0.911. The fourth-order valence-corrected chi connectivity index (χ4v) is 3.04. The number of nitrogens with one attached hydrogen (secondary N) is 1. The van der Waals surface area contributed by atoms with Crippen molar-refractivity contribution in [1.29, 1.82) is 0 Å². The third-order valence-corrected chi connectivity index (χ3v) is 4.56. The first-order valence-corrected chi connectivity index (χ1v) is 8.41. The minimum absolute atomic E-state index is 0.00220. The lowest BCUT2D eigenvalue weighted by molar-refractivity contribution is -0.144. The molecule has 1 fully saturated rings. The molecule has 2 N–H and O–H groups in total. The number of carboxylic acid groups (broad SMARTS) is 1. The highest BCUT2D eigenvalue weighted by atomic mass is 19.1. The van der Waals surface area contributed by atoms with E-state index in [1.807, 2.05) is 0 Å². The molecule has 0 aliphatic carbocycles. The number of carboxylic acids is 1. The van der Waals surface area contributed by atoms with Crippen LogP contribution >= 0.6 is 0 Å². The normalized spacial score (nSPS) is 16.2. The van der Waals surface area contributed by atoms with E-state index in [0.29, 0.717) is 31.6 Å². The van der Waals surface area contributed by atoms with E-state index in [0.717, 1.165) is 0 Å². The molecule has 1 amide bonds. The number of rotatable bonds is 8. The summed E-state index contributed by atoms with van der Waals surface area (Å²) in [7, 11) is 1.39. The smallest absolute Gasteiger partial charge is 0.308 e. The van der Waals surface area contributed by atoms with E-state index in [2.05, 4.69) is 5.32 Å². The first-order chi connectivity index (χ1) is 12.0. The molecule has 1 unspecified atom stereocenters. The summed E-state index contributed by atoms with van der Waals surface area (Å²) in [4.78, 5) is 23.5. The van der Waals surface area contributed by atoms with Crippen LogP contribution in [0.25, 0.3) is 0 Å². The Morgan fingerprint density at radius 1 is 1.40 bits per heavy atom. The highest BCUT2D eigenvalue weighted by Gasteiger charge is 2.29. The van der Waals surface area contributed by atoms with Crippen LogP contribution in [0.3, 0.4) is 0 Å². The van der Waals surface area contributed by atoms with Crippen LogP contribution in [-0.2, 0) is 20.7 Å². The van der Waals surface area contributed by atoms with Gasteiger partial charge in [-0.15, -0.1) is 0 Å². The number of ether oxygens (including phenoxy) is 2. The summed E-state index contributed by atoms with van der Waals surface area (Å²) >= 11 is 0. The molecular formula is C18H24FNO5. The summed E-state index contributed by atoms with van der Waals surface area (Å²) in [5, 5.41) is 12.1. The van der Waals surface area contributed by atoms with Crippen molar-refractivity contribution >= 4 is 11.9 Å². The lowest BCUT2D eigenvalue weighted by Gasteiger charge is -2.27. The quantitative estimate of drug-likeness (QED) is 0.747. The van der Waals surface area contributed by atoms with Gasteiger partial charge in [-0.25, -0.2) is 4.39 Å². The van der Waals surface area contributed by atoms with Crippen molar-refractivity contribution in [3.8, 4) is 5.75 Å². The van der Waals surface area contributed by atoms with E-state index >= 15 is 0 Å². The van der Waals surface area contributed by atoms with Crippen LogP contribution < -0.4 is 10.1 Å². The topological polar surface area (TPSA) is 84.9 Å². The fraction of sp³-hybridized carbons (Fsp3) is 0.556. The van der Waals surface area contributed by atoms with Gasteiger partial charge in [-0.05, 0) is 36.8 Å². The van der Waals surface area contributed by atoms with Crippen LogP contribution in [0.15, 0.2) is 18.2 Å². The standard InChI is InChI=1S/C18H24FNO5/c1-24-15-4-2-3-13(17(15)19)5-6-16(21)20-11-14(18(22)23)12-7-9-25-10-8-12/h2-4,12,14H,5-11H2,1H3,(H,20,21)(H,22,23). The average Bonchev–Trinajstić information content (AvgIpc) is 2.61. The summed E-state index contributed by atoms with van der Waals surface area (Å²) in [6.45, 7) is 1.19. The first-order valence-electron chi connectivity index (χ1n) is 8.41. The summed E-state index contributed by atoms with van der Waals surface area (Å²) in [5.41, 5.74) is 0.397. The zero-order valence-electron chi connectivity index (χ0n) is 14.3. The molecule has 6 nitrogen and oxygen atoms in total. The fourth-order valence-electron chi connectivity index (χ4n) is 3.04. The first kappa shape index (κ1) is 19.2. The Balaban J connectivity index is 1.84. The lowest BCUT2D eigenvalue weighted by atomic mass is 9.86. The van der Waals surface area contributed by atoms with Gasteiger partial charge in [0.25, 0.3) is 0 Å². The second-order valence-corrected chi connectivity index (χ2v) is 6.13. The van der Waals surface area contributed by atoms with Crippen LogP contribution in [0.5, 0.6) is 5.75 Å². The molecule has 1 aromatic rings. The van der Waals surface area contributed by atoms with Crippen LogP contribution in [0, 0.1) is 17.7 Å². The van der Waals surface area contributed by atoms with E-state index < -0.39 is 17.7 Å². The number of carbonyl (C=O) groups is 2. The number of amides is 1. The van der Waals surface area contributed by atoms with E-state index in [9.17, 15) is 19.1 Å². The SMILES string of the molecule is COc1cccc(CCC(=O)NCC(C(=O)O)C2CCOCC2)c1F. The molecule has 25 heavy (non-hydrogen) atoms. The van der Waals surface area contributed by atoms with Gasteiger partial charge in [0.05, 0.1) is 13.0 Å². The van der Waals surface area contributed by atoms with Crippen LogP contribution in [0.2, 0.25) is 0 Å². The van der Waals surface area contributed by atoms with Gasteiger partial charge in [0, 0.05) is 26.2 Å². The minimum Gasteiger partial charge on any atom is -0.494 e. The summed E-state index contributed by atoms with van der Waals surface area (Å²) in [6.07, 6.45) is 1.68. The predicted octanol–water partition coefficient (Wildman–Crippen LogP) is 2.01. The molecule has 7 heteroatoms. The van der Waals surface area contributed by atoms with Gasteiger partial charge < -0.3 is 19.9 Å². The molecule has 1 heterocycles.